The van der Waals surface area contributed by atoms with E-state index in [4.69, 9.17) is 26.0 Å². The highest BCUT2D eigenvalue weighted by Crippen LogP contribution is 2.35. The molecule has 7 nitrogen and oxygen atoms in total. The third-order valence-electron chi connectivity index (χ3n) is 5.08. The first-order valence-corrected chi connectivity index (χ1v) is 9.42. The molecule has 4 rings (SSSR count). The second-order valence-corrected chi connectivity index (χ2v) is 7.44. The van der Waals surface area contributed by atoms with Crippen LogP contribution in [0.3, 0.4) is 0 Å². The van der Waals surface area contributed by atoms with Gasteiger partial charge in [-0.2, -0.15) is 18.2 Å². The molecule has 1 aromatic heterocycles. The molecule has 2 N–H and O–H groups in total. The lowest BCUT2D eigenvalue weighted by atomic mass is 9.95. The van der Waals surface area contributed by atoms with Gasteiger partial charge in [0, 0.05) is 22.7 Å². The zero-order valence-corrected chi connectivity index (χ0v) is 16.1. The van der Waals surface area contributed by atoms with Crippen LogP contribution >= 0.6 is 11.6 Å². The molecule has 158 valence electrons. The summed E-state index contributed by atoms with van der Waals surface area (Å²) < 4.78 is 37.2. The highest BCUT2D eigenvalue weighted by Gasteiger charge is 2.43. The number of likely N-dealkylation sites (tertiary alicyclic amines) is 1. The number of nitrogens with zero attached hydrogens (tertiary/aromatic N) is 3. The molecular formula is C18H20ClF3N4O3. The fraction of sp³-hybridized carbons (Fsp3) is 0.500. The fourth-order valence-electron chi connectivity index (χ4n) is 3.68. The molecule has 0 bridgehead atoms. The van der Waals surface area contributed by atoms with E-state index in [1.165, 1.54) is 19.3 Å². The average Bonchev–Trinajstić information content (AvgIpc) is 3.39. The number of aromatic nitrogens is 2. The number of hydrogen-bond acceptors (Lipinski definition) is 6. The Morgan fingerprint density at radius 3 is 2.76 bits per heavy atom. The topological polar surface area (TPSA) is 91.5 Å². The molecule has 11 heteroatoms. The number of carbonyl (C=O) groups is 1. The van der Waals surface area contributed by atoms with Crippen molar-refractivity contribution in [3.05, 3.63) is 35.2 Å². The maximum Gasteiger partial charge on any atom is 0.490 e. The molecule has 2 saturated heterocycles. The zero-order chi connectivity index (χ0) is 21.1. The van der Waals surface area contributed by atoms with Crippen LogP contribution in [0.5, 0.6) is 0 Å². The predicted octanol–water partition coefficient (Wildman–Crippen LogP) is 3.35. The Balaban J connectivity index is 0.000000298. The lowest BCUT2D eigenvalue weighted by Crippen LogP contribution is -2.45. The van der Waals surface area contributed by atoms with Crippen LogP contribution in [-0.4, -0.2) is 57.5 Å². The van der Waals surface area contributed by atoms with Gasteiger partial charge in [0.15, 0.2) is 0 Å². The number of benzene rings is 1. The van der Waals surface area contributed by atoms with E-state index in [2.05, 4.69) is 20.4 Å². The van der Waals surface area contributed by atoms with Gasteiger partial charge in [0.1, 0.15) is 0 Å². The van der Waals surface area contributed by atoms with Gasteiger partial charge >= 0.3 is 12.1 Å². The van der Waals surface area contributed by atoms with Crippen LogP contribution in [-0.2, 0) is 11.3 Å². The van der Waals surface area contributed by atoms with Gasteiger partial charge < -0.3 is 14.9 Å². The van der Waals surface area contributed by atoms with Crippen molar-refractivity contribution >= 4 is 17.6 Å². The summed E-state index contributed by atoms with van der Waals surface area (Å²) >= 11 is 6.02. The zero-order valence-electron chi connectivity index (χ0n) is 15.4. The normalized spacial score (nSPS) is 21.9. The van der Waals surface area contributed by atoms with Gasteiger partial charge in [0.05, 0.1) is 6.54 Å². The van der Waals surface area contributed by atoms with Crippen molar-refractivity contribution in [2.75, 3.05) is 19.6 Å². The van der Waals surface area contributed by atoms with E-state index >= 15 is 0 Å². The summed E-state index contributed by atoms with van der Waals surface area (Å²) in [6.07, 6.45) is -1.37. The monoisotopic (exact) mass is 432 g/mol. The summed E-state index contributed by atoms with van der Waals surface area (Å²) in [6, 6.07) is 7.54. The second kappa shape index (κ2) is 8.68. The molecule has 0 radical (unpaired) electrons. The third kappa shape index (κ3) is 5.26. The molecule has 2 aliphatic heterocycles. The molecule has 1 spiro atoms. The number of alkyl halides is 3. The van der Waals surface area contributed by atoms with Crippen LogP contribution in [0.25, 0.3) is 11.4 Å². The second-order valence-electron chi connectivity index (χ2n) is 7.00. The van der Waals surface area contributed by atoms with Gasteiger partial charge in [-0.05, 0) is 44.5 Å². The van der Waals surface area contributed by atoms with Crippen LogP contribution in [0.2, 0.25) is 5.02 Å². The van der Waals surface area contributed by atoms with E-state index in [1.807, 2.05) is 24.3 Å². The number of rotatable bonds is 3. The minimum Gasteiger partial charge on any atom is -0.475 e. The summed E-state index contributed by atoms with van der Waals surface area (Å²) in [5.41, 5.74) is 1.19. The SMILES string of the molecule is Clc1cccc(-c2noc(CN3CCCC34CCNC4)n2)c1.O=C(O)C(F)(F)F. The van der Waals surface area contributed by atoms with E-state index in [0.29, 0.717) is 22.3 Å². The molecule has 0 saturated carbocycles. The minimum absolute atomic E-state index is 0.296. The summed E-state index contributed by atoms with van der Waals surface area (Å²) in [5, 5.41) is 15.4. The molecule has 2 aromatic rings. The first-order chi connectivity index (χ1) is 13.7. The molecule has 1 atom stereocenters. The highest BCUT2D eigenvalue weighted by molar-refractivity contribution is 6.30. The van der Waals surface area contributed by atoms with E-state index < -0.39 is 12.1 Å². The Hall–Kier alpha value is -2.17. The van der Waals surface area contributed by atoms with Crippen molar-refractivity contribution in [3.63, 3.8) is 0 Å². The van der Waals surface area contributed by atoms with Crippen LogP contribution in [0.4, 0.5) is 13.2 Å². The van der Waals surface area contributed by atoms with Gasteiger partial charge in [0.2, 0.25) is 11.7 Å². The standard InChI is InChI=1S/C16H19ClN4O.C2HF3O2/c17-13-4-1-3-12(9-13)15-19-14(22-20-15)10-21-8-2-5-16(21)6-7-18-11-16;3-2(4,5)1(6)7/h1,3-4,9,18H,2,5-8,10-11H2;(H,6,7). The van der Waals surface area contributed by atoms with Crippen molar-refractivity contribution in [1.82, 2.24) is 20.4 Å². The molecule has 3 heterocycles. The van der Waals surface area contributed by atoms with E-state index in [9.17, 15) is 13.2 Å². The van der Waals surface area contributed by atoms with Gasteiger partial charge in [-0.15, -0.1) is 0 Å². The van der Waals surface area contributed by atoms with Crippen molar-refractivity contribution in [2.24, 2.45) is 0 Å². The Labute approximate surface area is 169 Å². The number of halogens is 4. The number of carboxylic acids is 1. The lowest BCUT2D eigenvalue weighted by Gasteiger charge is -2.33. The maximum absolute atomic E-state index is 10.6. The Bertz CT molecular complexity index is 847. The molecule has 0 amide bonds. The van der Waals surface area contributed by atoms with Gasteiger partial charge in [0.25, 0.3) is 0 Å². The van der Waals surface area contributed by atoms with Gasteiger partial charge in [-0.25, -0.2) is 4.79 Å². The fourth-order valence-corrected chi connectivity index (χ4v) is 3.87. The Kier molecular flexibility index (Phi) is 6.45. The first-order valence-electron chi connectivity index (χ1n) is 9.04. The Morgan fingerprint density at radius 1 is 1.38 bits per heavy atom. The quantitative estimate of drug-likeness (QED) is 0.768. The summed E-state index contributed by atoms with van der Waals surface area (Å²) in [5.74, 6) is -1.47. The van der Waals surface area contributed by atoms with Crippen molar-refractivity contribution < 1.29 is 27.6 Å². The molecule has 29 heavy (non-hydrogen) atoms. The molecule has 1 aromatic carbocycles. The van der Waals surface area contributed by atoms with Crippen LogP contribution in [0.15, 0.2) is 28.8 Å². The average molecular weight is 433 g/mol. The van der Waals surface area contributed by atoms with Gasteiger partial charge in [-0.3, -0.25) is 4.90 Å². The third-order valence-corrected chi connectivity index (χ3v) is 5.32. The van der Waals surface area contributed by atoms with Crippen LogP contribution in [0.1, 0.15) is 25.2 Å². The molecule has 1 unspecified atom stereocenters. The number of hydrogen-bond donors (Lipinski definition) is 2. The number of carboxylic acid groups (broad SMARTS) is 1. The lowest BCUT2D eigenvalue weighted by molar-refractivity contribution is -0.192. The molecule has 2 fully saturated rings. The van der Waals surface area contributed by atoms with E-state index in [1.54, 1.807) is 0 Å². The predicted molar refractivity (Wildman–Crippen MR) is 98.3 cm³/mol. The largest absolute Gasteiger partial charge is 0.490 e. The minimum atomic E-state index is -5.08. The smallest absolute Gasteiger partial charge is 0.475 e. The highest BCUT2D eigenvalue weighted by atomic mass is 35.5. The van der Waals surface area contributed by atoms with E-state index in [0.717, 1.165) is 31.7 Å². The van der Waals surface area contributed by atoms with Crippen molar-refractivity contribution in [1.29, 1.82) is 0 Å². The first kappa shape index (κ1) is 21.5. The summed E-state index contributed by atoms with van der Waals surface area (Å²) in [6.45, 7) is 4.02. The van der Waals surface area contributed by atoms with Crippen molar-refractivity contribution in [2.45, 2.75) is 37.5 Å². The maximum atomic E-state index is 10.6. The van der Waals surface area contributed by atoms with Crippen LogP contribution < -0.4 is 5.32 Å². The summed E-state index contributed by atoms with van der Waals surface area (Å²) in [4.78, 5) is 15.9. The van der Waals surface area contributed by atoms with Crippen LogP contribution in [0, 0.1) is 0 Å². The molecule has 2 aliphatic rings. The Morgan fingerprint density at radius 2 is 2.14 bits per heavy atom. The number of aliphatic carboxylic acids is 1. The van der Waals surface area contributed by atoms with E-state index in [-0.39, 0.29) is 0 Å². The number of nitrogens with one attached hydrogen (secondary N) is 1. The molecular weight excluding hydrogens is 413 g/mol. The van der Waals surface area contributed by atoms with Gasteiger partial charge in [-0.1, -0.05) is 28.9 Å². The summed E-state index contributed by atoms with van der Waals surface area (Å²) in [7, 11) is 0. The molecule has 0 aliphatic carbocycles. The van der Waals surface area contributed by atoms with Crippen molar-refractivity contribution in [3.8, 4) is 11.4 Å².